The van der Waals surface area contributed by atoms with Crippen molar-refractivity contribution in [3.8, 4) is 0 Å². The molecule has 5 fully saturated rings. The molecule has 4 aliphatic carbocycles. The van der Waals surface area contributed by atoms with E-state index in [0.717, 1.165) is 24.2 Å². The van der Waals surface area contributed by atoms with E-state index >= 15 is 0 Å². The molecule has 1 aromatic carbocycles. The van der Waals surface area contributed by atoms with Crippen LogP contribution in [0.3, 0.4) is 0 Å². The number of amides is 3. The van der Waals surface area contributed by atoms with Gasteiger partial charge in [0.25, 0.3) is 0 Å². The number of carboxylic acid groups (broad SMARTS) is 2. The van der Waals surface area contributed by atoms with Crippen molar-refractivity contribution in [2.75, 3.05) is 6.54 Å². The van der Waals surface area contributed by atoms with Crippen molar-refractivity contribution in [1.82, 2.24) is 15.5 Å². The Morgan fingerprint density at radius 1 is 1.02 bits per heavy atom. The van der Waals surface area contributed by atoms with E-state index in [-0.39, 0.29) is 30.6 Å². The van der Waals surface area contributed by atoms with E-state index in [1.807, 2.05) is 0 Å². The summed E-state index contributed by atoms with van der Waals surface area (Å²) in [5.74, 6) is -2.54. The molecule has 1 aromatic rings. The van der Waals surface area contributed by atoms with Gasteiger partial charge in [-0.15, -0.1) is 0 Å². The van der Waals surface area contributed by atoms with Crippen LogP contribution in [-0.2, 0) is 30.4 Å². The second-order valence-corrected chi connectivity index (χ2v) is 12.9. The van der Waals surface area contributed by atoms with Gasteiger partial charge >= 0.3 is 11.9 Å². The molecule has 3 amide bonds. The second-order valence-electron chi connectivity index (χ2n) is 12.9. The van der Waals surface area contributed by atoms with Crippen molar-refractivity contribution in [2.45, 2.75) is 82.3 Å². The van der Waals surface area contributed by atoms with Gasteiger partial charge in [0.1, 0.15) is 24.0 Å². The van der Waals surface area contributed by atoms with E-state index < -0.39 is 54.2 Å². The smallest absolute Gasteiger partial charge is 0.326 e. The quantitative estimate of drug-likeness (QED) is 0.156. The van der Waals surface area contributed by atoms with E-state index in [0.29, 0.717) is 35.3 Å². The minimum absolute atomic E-state index is 0.0222. The fourth-order valence-corrected chi connectivity index (χ4v) is 8.33. The molecule has 1 aliphatic heterocycles. The molecule has 6 rings (SSSR count). The van der Waals surface area contributed by atoms with Gasteiger partial charge in [0.05, 0.1) is 12.8 Å². The highest BCUT2D eigenvalue weighted by Crippen LogP contribution is 2.61. The van der Waals surface area contributed by atoms with Gasteiger partial charge in [-0.1, -0.05) is 24.3 Å². The monoisotopic (exact) mass is 581 g/mol. The van der Waals surface area contributed by atoms with E-state index in [2.05, 4.69) is 10.6 Å². The maximum Gasteiger partial charge on any atom is 0.326 e. The molecule has 1 heterocycles. The van der Waals surface area contributed by atoms with Crippen LogP contribution in [0.1, 0.15) is 68.9 Å². The average molecular weight is 582 g/mol. The van der Waals surface area contributed by atoms with Gasteiger partial charge in [-0.05, 0) is 80.1 Å². The maximum absolute atomic E-state index is 13.4. The minimum Gasteiger partial charge on any atom is -0.481 e. The topological polar surface area (TPSA) is 203 Å². The van der Waals surface area contributed by atoms with Gasteiger partial charge < -0.3 is 31.5 Å². The van der Waals surface area contributed by atoms with Crippen LogP contribution >= 0.6 is 0 Å². The van der Waals surface area contributed by atoms with Crippen LogP contribution in [0.15, 0.2) is 24.3 Å². The van der Waals surface area contributed by atoms with E-state index in [4.69, 9.17) is 11.1 Å². The predicted molar refractivity (Wildman–Crippen MR) is 150 cm³/mol. The first-order valence-electron chi connectivity index (χ1n) is 14.7. The summed E-state index contributed by atoms with van der Waals surface area (Å²) in [5, 5.41) is 32.3. The Labute approximate surface area is 243 Å². The number of carbonyl (C=O) groups excluding carboxylic acids is 3. The summed E-state index contributed by atoms with van der Waals surface area (Å²) >= 11 is 0. The Kier molecular flexibility index (Phi) is 8.25. The molecule has 3 atom stereocenters. The molecular weight excluding hydrogens is 542 g/mol. The summed E-state index contributed by atoms with van der Waals surface area (Å²) in [7, 11) is 0. The Morgan fingerprint density at radius 2 is 1.62 bits per heavy atom. The van der Waals surface area contributed by atoms with Crippen molar-refractivity contribution >= 4 is 35.5 Å². The largest absolute Gasteiger partial charge is 0.481 e. The van der Waals surface area contributed by atoms with Crippen LogP contribution in [-0.4, -0.2) is 75.3 Å². The van der Waals surface area contributed by atoms with Gasteiger partial charge in [-0.25, -0.2) is 4.79 Å². The van der Waals surface area contributed by atoms with Crippen molar-refractivity contribution in [3.63, 3.8) is 0 Å². The number of amidine groups is 1. The Balaban J connectivity index is 1.22. The zero-order chi connectivity index (χ0) is 30.2. The minimum atomic E-state index is -1.39. The Hall–Kier alpha value is -3.96. The number of carboxylic acids is 2. The molecule has 226 valence electrons. The van der Waals surface area contributed by atoms with E-state index in [1.165, 1.54) is 19.3 Å². The van der Waals surface area contributed by atoms with E-state index in [1.54, 1.807) is 24.3 Å². The molecule has 4 bridgehead atoms. The first-order valence-corrected chi connectivity index (χ1v) is 14.7. The van der Waals surface area contributed by atoms with Crippen molar-refractivity contribution in [2.24, 2.45) is 28.9 Å². The number of carbonyl (C=O) groups is 5. The third-order valence-electron chi connectivity index (χ3n) is 9.67. The third kappa shape index (κ3) is 6.42. The number of aliphatic carboxylic acids is 2. The number of benzene rings is 1. The fraction of sp³-hybridized carbons (Fsp3) is 0.600. The van der Waals surface area contributed by atoms with Crippen molar-refractivity contribution < 1.29 is 34.2 Å². The number of nitrogens with zero attached hydrogens (tertiary/aromatic N) is 1. The summed E-state index contributed by atoms with van der Waals surface area (Å²) < 4.78 is 0. The lowest BCUT2D eigenvalue weighted by molar-refractivity contribution is -0.149. The van der Waals surface area contributed by atoms with Gasteiger partial charge in [0, 0.05) is 12.1 Å². The first kappa shape index (κ1) is 29.5. The first-order chi connectivity index (χ1) is 19.9. The van der Waals surface area contributed by atoms with Gasteiger partial charge in [0.15, 0.2) is 0 Å². The summed E-state index contributed by atoms with van der Waals surface area (Å²) in [6, 6.07) is 3.07. The van der Waals surface area contributed by atoms with Crippen molar-refractivity contribution in [3.05, 3.63) is 35.4 Å². The Morgan fingerprint density at radius 3 is 2.14 bits per heavy atom. The number of nitrogens with two attached hydrogens (primary N) is 1. The second kappa shape index (κ2) is 11.7. The predicted octanol–water partition coefficient (Wildman–Crippen LogP) is 1.25. The van der Waals surface area contributed by atoms with Crippen LogP contribution in [0.4, 0.5) is 0 Å². The Bertz CT molecular complexity index is 1240. The average Bonchev–Trinajstić information content (AvgIpc) is 3.25. The molecule has 1 saturated heterocycles. The molecule has 5 aliphatic rings. The summed E-state index contributed by atoms with van der Waals surface area (Å²) in [6.07, 6.45) is 6.28. The number of hydrogen-bond donors (Lipinski definition) is 6. The number of nitrogens with one attached hydrogen (secondary N) is 3. The lowest BCUT2D eigenvalue weighted by Crippen LogP contribution is -2.56. The maximum atomic E-state index is 13.4. The van der Waals surface area contributed by atoms with Crippen molar-refractivity contribution in [1.29, 1.82) is 5.41 Å². The molecule has 7 N–H and O–H groups in total. The fourth-order valence-electron chi connectivity index (χ4n) is 8.33. The van der Waals surface area contributed by atoms with E-state index in [9.17, 15) is 34.2 Å². The number of rotatable bonds is 12. The summed E-state index contributed by atoms with van der Waals surface area (Å²) in [4.78, 5) is 64.4. The highest BCUT2D eigenvalue weighted by Gasteiger charge is 2.52. The third-order valence-corrected chi connectivity index (χ3v) is 9.67. The highest BCUT2D eigenvalue weighted by molar-refractivity contribution is 5.97. The standard InChI is InChI=1S/C30H39N5O7/c31-26(32)20-3-1-16(2-4-20)10-24(36)33-21-5-6-35(28(21)40)23(11-25(37)38)27(39)34-22(29(41)42)15-30-12-17-7-18(13-30)9-19(8-17)14-30/h1-4,17-19,21-23H,5-15H2,(H3,31,32)(H,33,36)(H,34,39)(H,37,38)(H,41,42)/t17?,18?,19?,21-,22-,23-,30?/m0/s1. The number of likely N-dealkylation sites (tertiary alicyclic amines) is 1. The molecule has 12 nitrogen and oxygen atoms in total. The van der Waals surface area contributed by atoms with Gasteiger partial charge in [0.2, 0.25) is 17.7 Å². The van der Waals surface area contributed by atoms with Gasteiger partial charge in [-0.2, -0.15) is 0 Å². The SMILES string of the molecule is N=C(N)c1ccc(CC(=O)N[C@H]2CCN([C@@H](CC(=O)O)C(=O)N[C@@H](CC34CC5CC(CC(C5)C3)C4)C(=O)O)C2=O)cc1. The molecule has 4 saturated carbocycles. The molecule has 0 radical (unpaired) electrons. The highest BCUT2D eigenvalue weighted by atomic mass is 16.4. The van der Waals surface area contributed by atoms with Crippen LogP contribution in [0.2, 0.25) is 0 Å². The molecule has 0 spiro atoms. The van der Waals surface area contributed by atoms with Gasteiger partial charge in [-0.3, -0.25) is 24.6 Å². The summed E-state index contributed by atoms with van der Waals surface area (Å²) in [6.45, 7) is 0.0508. The van der Waals surface area contributed by atoms with Crippen LogP contribution < -0.4 is 16.4 Å². The molecule has 12 heteroatoms. The molecular formula is C30H39N5O7. The summed E-state index contributed by atoms with van der Waals surface area (Å²) in [5.41, 5.74) is 6.50. The normalized spacial score (nSPS) is 29.1. The van der Waals surface area contributed by atoms with Crippen LogP contribution in [0.5, 0.6) is 0 Å². The zero-order valence-corrected chi connectivity index (χ0v) is 23.5. The van der Waals surface area contributed by atoms with Crippen LogP contribution in [0.25, 0.3) is 0 Å². The molecule has 42 heavy (non-hydrogen) atoms. The molecule has 0 unspecified atom stereocenters. The number of nitrogen functional groups attached to an aromatic ring is 1. The number of hydrogen-bond acceptors (Lipinski definition) is 6. The zero-order valence-electron chi connectivity index (χ0n) is 23.5. The van der Waals surface area contributed by atoms with Crippen LogP contribution in [0, 0.1) is 28.6 Å². The lowest BCUT2D eigenvalue weighted by Gasteiger charge is -2.57. The molecule has 0 aromatic heterocycles. The lowest BCUT2D eigenvalue weighted by atomic mass is 9.48.